The van der Waals surface area contributed by atoms with Crippen molar-refractivity contribution in [3.05, 3.63) is 35.9 Å². The van der Waals surface area contributed by atoms with Crippen molar-refractivity contribution in [2.45, 2.75) is 18.8 Å². The zero-order chi connectivity index (χ0) is 11.8. The molecule has 0 aromatic heterocycles. The molecule has 0 heterocycles. The van der Waals surface area contributed by atoms with Gasteiger partial charge in [0.15, 0.2) is 0 Å². The van der Waals surface area contributed by atoms with Gasteiger partial charge in [-0.15, -0.1) is 0 Å². The Kier molecular flexibility index (Phi) is 2.66. The standard InChI is InChI=1S/C12H12F2O2/c1-2-16-11(15)10-9(12(10,13)14)8-6-4-3-5-7-8/h3-7,9-10H,2H2,1H3/t9-,10+/m0/s1. The van der Waals surface area contributed by atoms with Crippen LogP contribution in [-0.4, -0.2) is 18.5 Å². The van der Waals surface area contributed by atoms with Gasteiger partial charge in [-0.25, -0.2) is 8.78 Å². The molecule has 86 valence electrons. The summed E-state index contributed by atoms with van der Waals surface area (Å²) in [6, 6.07) is 8.34. The Labute approximate surface area is 92.2 Å². The number of hydrogen-bond acceptors (Lipinski definition) is 2. The summed E-state index contributed by atoms with van der Waals surface area (Å²) in [5.74, 6) is -6.10. The number of ether oxygens (including phenoxy) is 1. The Bertz CT molecular complexity index is 389. The van der Waals surface area contributed by atoms with Gasteiger partial charge < -0.3 is 4.74 Å². The molecular weight excluding hydrogens is 214 g/mol. The molecule has 1 aliphatic rings. The average Bonchev–Trinajstić information content (AvgIpc) is 2.83. The Hall–Kier alpha value is -1.45. The molecule has 4 heteroatoms. The SMILES string of the molecule is CCOC(=O)[C@H]1[C@H](c2ccccc2)C1(F)F. The highest BCUT2D eigenvalue weighted by Gasteiger charge is 2.73. The lowest BCUT2D eigenvalue weighted by Gasteiger charge is -1.98. The Morgan fingerprint density at radius 2 is 2.00 bits per heavy atom. The van der Waals surface area contributed by atoms with Gasteiger partial charge in [-0.05, 0) is 12.5 Å². The van der Waals surface area contributed by atoms with E-state index in [1.165, 1.54) is 0 Å². The molecule has 1 aromatic rings. The van der Waals surface area contributed by atoms with E-state index in [1.807, 2.05) is 0 Å². The fraction of sp³-hybridized carbons (Fsp3) is 0.417. The summed E-state index contributed by atoms with van der Waals surface area (Å²) < 4.78 is 31.5. The molecule has 2 atom stereocenters. The van der Waals surface area contributed by atoms with Crippen LogP contribution in [0, 0.1) is 5.92 Å². The maximum atomic E-state index is 13.4. The summed E-state index contributed by atoms with van der Waals surface area (Å²) in [6.07, 6.45) is 0. The maximum absolute atomic E-state index is 13.4. The Morgan fingerprint density at radius 1 is 1.38 bits per heavy atom. The highest BCUT2D eigenvalue weighted by atomic mass is 19.3. The first-order valence-corrected chi connectivity index (χ1v) is 5.18. The zero-order valence-corrected chi connectivity index (χ0v) is 8.82. The summed E-state index contributed by atoms with van der Waals surface area (Å²) in [6.45, 7) is 1.74. The normalized spacial score (nSPS) is 26.2. The van der Waals surface area contributed by atoms with Crippen molar-refractivity contribution in [3.63, 3.8) is 0 Å². The van der Waals surface area contributed by atoms with E-state index in [2.05, 4.69) is 4.74 Å². The van der Waals surface area contributed by atoms with Gasteiger partial charge in [0.25, 0.3) is 5.92 Å². The molecule has 0 N–H and O–H groups in total. The van der Waals surface area contributed by atoms with Crippen LogP contribution in [0.4, 0.5) is 8.78 Å². The molecule has 2 rings (SSSR count). The van der Waals surface area contributed by atoms with Gasteiger partial charge in [0.05, 0.1) is 12.5 Å². The zero-order valence-electron chi connectivity index (χ0n) is 8.82. The van der Waals surface area contributed by atoms with Crippen molar-refractivity contribution in [2.75, 3.05) is 6.61 Å². The minimum absolute atomic E-state index is 0.132. The number of carbonyl (C=O) groups excluding carboxylic acids is 1. The molecule has 0 unspecified atom stereocenters. The highest BCUT2D eigenvalue weighted by Crippen LogP contribution is 2.61. The lowest BCUT2D eigenvalue weighted by molar-refractivity contribution is -0.147. The van der Waals surface area contributed by atoms with Crippen LogP contribution in [0.15, 0.2) is 30.3 Å². The second kappa shape index (κ2) is 3.85. The first kappa shape index (κ1) is 11.0. The third kappa shape index (κ3) is 1.68. The fourth-order valence-electron chi connectivity index (χ4n) is 1.93. The molecule has 1 fully saturated rings. The second-order valence-electron chi connectivity index (χ2n) is 3.79. The summed E-state index contributed by atoms with van der Waals surface area (Å²) in [7, 11) is 0. The van der Waals surface area contributed by atoms with Crippen molar-refractivity contribution in [3.8, 4) is 0 Å². The average molecular weight is 226 g/mol. The molecule has 16 heavy (non-hydrogen) atoms. The third-order valence-electron chi connectivity index (χ3n) is 2.75. The van der Waals surface area contributed by atoms with E-state index in [0.717, 1.165) is 0 Å². The van der Waals surface area contributed by atoms with Crippen LogP contribution < -0.4 is 0 Å². The van der Waals surface area contributed by atoms with Gasteiger partial charge in [-0.3, -0.25) is 4.79 Å². The van der Waals surface area contributed by atoms with Gasteiger partial charge in [0.1, 0.15) is 5.92 Å². The largest absolute Gasteiger partial charge is 0.466 e. The summed E-state index contributed by atoms with van der Waals surface area (Å²) in [5.41, 5.74) is 0.491. The monoisotopic (exact) mass is 226 g/mol. The smallest absolute Gasteiger partial charge is 0.315 e. The molecule has 0 bridgehead atoms. The Morgan fingerprint density at radius 3 is 2.56 bits per heavy atom. The van der Waals surface area contributed by atoms with Crippen LogP contribution in [0.5, 0.6) is 0 Å². The van der Waals surface area contributed by atoms with E-state index in [0.29, 0.717) is 5.56 Å². The summed E-state index contributed by atoms with van der Waals surface area (Å²) in [5, 5.41) is 0. The van der Waals surface area contributed by atoms with Crippen LogP contribution >= 0.6 is 0 Å². The molecule has 1 aromatic carbocycles. The molecular formula is C12H12F2O2. The van der Waals surface area contributed by atoms with E-state index in [1.54, 1.807) is 37.3 Å². The number of hydrogen-bond donors (Lipinski definition) is 0. The highest BCUT2D eigenvalue weighted by molar-refractivity contribution is 5.80. The molecule has 0 spiro atoms. The molecule has 0 radical (unpaired) electrons. The first-order valence-electron chi connectivity index (χ1n) is 5.18. The lowest BCUT2D eigenvalue weighted by Crippen LogP contribution is -2.11. The molecule has 1 saturated carbocycles. The second-order valence-corrected chi connectivity index (χ2v) is 3.79. The molecule has 0 amide bonds. The maximum Gasteiger partial charge on any atom is 0.315 e. The van der Waals surface area contributed by atoms with E-state index >= 15 is 0 Å². The van der Waals surface area contributed by atoms with Gasteiger partial charge in [0.2, 0.25) is 0 Å². The first-order chi connectivity index (χ1) is 7.59. The number of rotatable bonds is 3. The van der Waals surface area contributed by atoms with E-state index in [4.69, 9.17) is 0 Å². The van der Waals surface area contributed by atoms with Crippen LogP contribution in [-0.2, 0) is 9.53 Å². The predicted molar refractivity (Wildman–Crippen MR) is 54.3 cm³/mol. The van der Waals surface area contributed by atoms with Crippen molar-refractivity contribution >= 4 is 5.97 Å². The topological polar surface area (TPSA) is 26.3 Å². The van der Waals surface area contributed by atoms with Crippen molar-refractivity contribution in [2.24, 2.45) is 5.92 Å². The fourth-order valence-corrected chi connectivity index (χ4v) is 1.93. The number of halogens is 2. The van der Waals surface area contributed by atoms with E-state index in [-0.39, 0.29) is 6.61 Å². The van der Waals surface area contributed by atoms with E-state index < -0.39 is 23.7 Å². The third-order valence-corrected chi connectivity index (χ3v) is 2.75. The Balaban J connectivity index is 2.17. The van der Waals surface area contributed by atoms with Crippen LogP contribution in [0.1, 0.15) is 18.4 Å². The lowest BCUT2D eigenvalue weighted by atomic mass is 10.1. The predicted octanol–water partition coefficient (Wildman–Crippen LogP) is 2.60. The van der Waals surface area contributed by atoms with Gasteiger partial charge in [-0.2, -0.15) is 0 Å². The van der Waals surface area contributed by atoms with Crippen molar-refractivity contribution in [1.82, 2.24) is 0 Å². The van der Waals surface area contributed by atoms with Crippen LogP contribution in [0.25, 0.3) is 0 Å². The van der Waals surface area contributed by atoms with Crippen molar-refractivity contribution in [1.29, 1.82) is 0 Å². The quantitative estimate of drug-likeness (QED) is 0.740. The summed E-state index contributed by atoms with van der Waals surface area (Å²) in [4.78, 5) is 11.3. The van der Waals surface area contributed by atoms with Gasteiger partial charge in [-0.1, -0.05) is 30.3 Å². The number of carbonyl (C=O) groups is 1. The summed E-state index contributed by atoms with van der Waals surface area (Å²) >= 11 is 0. The van der Waals surface area contributed by atoms with Gasteiger partial charge >= 0.3 is 5.97 Å². The van der Waals surface area contributed by atoms with Crippen molar-refractivity contribution < 1.29 is 18.3 Å². The number of alkyl halides is 2. The minimum Gasteiger partial charge on any atom is -0.466 e. The van der Waals surface area contributed by atoms with Gasteiger partial charge in [0, 0.05) is 0 Å². The molecule has 0 aliphatic heterocycles. The van der Waals surface area contributed by atoms with Crippen LogP contribution in [0.2, 0.25) is 0 Å². The molecule has 0 saturated heterocycles. The minimum atomic E-state index is -2.96. The number of esters is 1. The van der Waals surface area contributed by atoms with Crippen LogP contribution in [0.3, 0.4) is 0 Å². The number of benzene rings is 1. The van der Waals surface area contributed by atoms with E-state index in [9.17, 15) is 13.6 Å². The molecule has 2 nitrogen and oxygen atoms in total. The molecule has 1 aliphatic carbocycles.